The Morgan fingerprint density at radius 2 is 2.17 bits per heavy atom. The normalized spacial score (nSPS) is 28.3. The predicted octanol–water partition coefficient (Wildman–Crippen LogP) is 2.91. The van der Waals surface area contributed by atoms with Gasteiger partial charge in [0.15, 0.2) is 0 Å². The molecule has 3 aliphatic heterocycles. The Kier molecular flexibility index (Phi) is 7.31. The van der Waals surface area contributed by atoms with Gasteiger partial charge in [-0.3, -0.25) is 14.9 Å². The van der Waals surface area contributed by atoms with Gasteiger partial charge in [0.25, 0.3) is 5.69 Å². The number of hydrogen-bond donors (Lipinski definition) is 1. The van der Waals surface area contributed by atoms with Crippen LogP contribution >= 0.6 is 11.8 Å². The Hall–Kier alpha value is -3.12. The van der Waals surface area contributed by atoms with E-state index in [-0.39, 0.29) is 53.8 Å². The van der Waals surface area contributed by atoms with Crippen molar-refractivity contribution >= 4 is 29.3 Å². The molecule has 35 heavy (non-hydrogen) atoms. The first-order valence-corrected chi connectivity index (χ1v) is 12.1. The van der Waals surface area contributed by atoms with Crippen molar-refractivity contribution in [2.45, 2.75) is 50.4 Å². The summed E-state index contributed by atoms with van der Waals surface area (Å²) in [5.74, 6) is -1.77. The fourth-order valence-corrected chi connectivity index (χ4v) is 6.25. The number of ether oxygens (including phenoxy) is 2. The monoisotopic (exact) mass is 503 g/mol. The Morgan fingerprint density at radius 3 is 2.80 bits per heavy atom. The number of thioether (sulfide) groups is 1. The second kappa shape index (κ2) is 10.2. The number of non-ortho nitro benzene ring substituents is 1. The quantitative estimate of drug-likeness (QED) is 0.102. The number of nitro benzene ring substituents is 1. The number of aliphatic hydroxyl groups is 1. The van der Waals surface area contributed by atoms with Gasteiger partial charge in [-0.05, 0) is 36.6 Å². The SMILES string of the molecule is CC(O)C1C(=O)N2C(C(=O)OCc3ccc([N+](=O)[O-])cc3)=C(SC3COC(CN=[N+]=[N-])C3)C(C)C12. The summed E-state index contributed by atoms with van der Waals surface area (Å²) in [4.78, 5) is 41.3. The lowest BCUT2D eigenvalue weighted by molar-refractivity contribution is -0.384. The maximum Gasteiger partial charge on any atom is 0.356 e. The molecule has 3 aliphatic rings. The molecular weight excluding hydrogens is 478 g/mol. The number of amides is 1. The number of benzene rings is 1. The van der Waals surface area contributed by atoms with Gasteiger partial charge >= 0.3 is 5.97 Å². The lowest BCUT2D eigenvalue weighted by atomic mass is 9.79. The van der Waals surface area contributed by atoms with Gasteiger partial charge in [0.1, 0.15) is 12.3 Å². The maximum absolute atomic E-state index is 13.2. The molecule has 6 unspecified atom stereocenters. The van der Waals surface area contributed by atoms with Crippen molar-refractivity contribution in [2.75, 3.05) is 13.2 Å². The van der Waals surface area contributed by atoms with Crippen molar-refractivity contribution in [3.8, 4) is 0 Å². The Morgan fingerprint density at radius 1 is 1.46 bits per heavy atom. The standard InChI is InChI=1S/C22H25N5O7S/c1-11-18-17(12(2)28)21(29)26(18)19(20(11)35-16-7-15(33-10-16)8-24-25-23)22(30)34-9-13-3-5-14(6-4-13)27(31)32/h3-6,11-12,15-18,28H,7-10H2,1-2H3. The van der Waals surface area contributed by atoms with E-state index in [9.17, 15) is 24.8 Å². The molecule has 1 aromatic rings. The van der Waals surface area contributed by atoms with Crippen molar-refractivity contribution in [1.29, 1.82) is 0 Å². The number of azide groups is 1. The number of hydrogen-bond acceptors (Lipinski definition) is 9. The highest BCUT2D eigenvalue weighted by Crippen LogP contribution is 2.52. The second-order valence-corrected chi connectivity index (χ2v) is 10.2. The number of carbonyl (C=O) groups is 2. The number of nitrogens with zero attached hydrogens (tertiary/aromatic N) is 5. The summed E-state index contributed by atoms with van der Waals surface area (Å²) >= 11 is 1.46. The van der Waals surface area contributed by atoms with Gasteiger partial charge in [-0.15, -0.1) is 11.8 Å². The van der Waals surface area contributed by atoms with Gasteiger partial charge in [-0.2, -0.15) is 0 Å². The van der Waals surface area contributed by atoms with Gasteiger partial charge in [0.05, 0.1) is 42.2 Å². The van der Waals surface area contributed by atoms with Gasteiger partial charge in [-0.25, -0.2) is 4.79 Å². The van der Waals surface area contributed by atoms with Gasteiger partial charge < -0.3 is 19.5 Å². The number of aliphatic hydroxyl groups excluding tert-OH is 1. The molecule has 6 atom stereocenters. The third-order valence-electron chi connectivity index (χ3n) is 6.50. The number of rotatable bonds is 9. The van der Waals surface area contributed by atoms with Gasteiger partial charge in [0, 0.05) is 33.1 Å². The van der Waals surface area contributed by atoms with Crippen LogP contribution in [0.2, 0.25) is 0 Å². The van der Waals surface area contributed by atoms with Crippen molar-refractivity contribution < 1.29 is 29.1 Å². The zero-order valence-electron chi connectivity index (χ0n) is 19.1. The summed E-state index contributed by atoms with van der Waals surface area (Å²) in [7, 11) is 0. The molecule has 0 saturated carbocycles. The fraction of sp³-hybridized carbons (Fsp3) is 0.545. The van der Waals surface area contributed by atoms with Crippen LogP contribution in [0.4, 0.5) is 5.69 Å². The Balaban J connectivity index is 1.52. The molecular formula is C22H25N5O7S. The zero-order valence-corrected chi connectivity index (χ0v) is 20.0. The van der Waals surface area contributed by atoms with E-state index in [0.29, 0.717) is 23.5 Å². The van der Waals surface area contributed by atoms with Crippen LogP contribution in [0.3, 0.4) is 0 Å². The van der Waals surface area contributed by atoms with E-state index in [1.165, 1.54) is 40.9 Å². The highest BCUT2D eigenvalue weighted by molar-refractivity contribution is 8.03. The molecule has 12 nitrogen and oxygen atoms in total. The van der Waals surface area contributed by atoms with Crippen LogP contribution in [-0.4, -0.2) is 63.5 Å². The summed E-state index contributed by atoms with van der Waals surface area (Å²) in [6, 6.07) is 5.33. The number of carbonyl (C=O) groups excluding carboxylic acids is 2. The number of esters is 1. The molecule has 0 aromatic heterocycles. The molecule has 0 aliphatic carbocycles. The highest BCUT2D eigenvalue weighted by atomic mass is 32.2. The molecule has 1 aromatic carbocycles. The molecule has 13 heteroatoms. The summed E-state index contributed by atoms with van der Waals surface area (Å²) in [5.41, 5.74) is 9.21. The molecule has 0 bridgehead atoms. The third-order valence-corrected chi connectivity index (χ3v) is 7.99. The first-order chi connectivity index (χ1) is 16.7. The minimum atomic E-state index is -0.851. The lowest BCUT2D eigenvalue weighted by Gasteiger charge is -2.46. The Labute approximate surface area is 205 Å². The topological polar surface area (TPSA) is 168 Å². The molecule has 0 spiro atoms. The van der Waals surface area contributed by atoms with E-state index in [0.717, 1.165) is 0 Å². The maximum atomic E-state index is 13.2. The van der Waals surface area contributed by atoms with Crippen LogP contribution in [0.15, 0.2) is 40.0 Å². The van der Waals surface area contributed by atoms with Crippen LogP contribution in [0.5, 0.6) is 0 Å². The minimum absolute atomic E-state index is 0.00242. The summed E-state index contributed by atoms with van der Waals surface area (Å²) in [6.07, 6.45) is -0.429. The molecule has 186 valence electrons. The minimum Gasteiger partial charge on any atom is -0.456 e. The molecule has 4 rings (SSSR count). The van der Waals surface area contributed by atoms with Crippen LogP contribution in [0.1, 0.15) is 25.8 Å². The summed E-state index contributed by atoms with van der Waals surface area (Å²) in [6.45, 7) is 4.01. The first-order valence-electron chi connectivity index (χ1n) is 11.2. The van der Waals surface area contributed by atoms with Gasteiger partial charge in [-0.1, -0.05) is 12.0 Å². The van der Waals surface area contributed by atoms with E-state index in [1.807, 2.05) is 6.92 Å². The second-order valence-electron chi connectivity index (χ2n) is 8.81. The van der Waals surface area contributed by atoms with Crippen molar-refractivity contribution in [1.82, 2.24) is 4.90 Å². The van der Waals surface area contributed by atoms with Crippen LogP contribution in [0.25, 0.3) is 10.4 Å². The van der Waals surface area contributed by atoms with Crippen LogP contribution in [-0.2, 0) is 25.7 Å². The average Bonchev–Trinajstić information content (AvgIpc) is 3.37. The summed E-state index contributed by atoms with van der Waals surface area (Å²) in [5, 5.41) is 24.5. The molecule has 1 amide bonds. The van der Waals surface area contributed by atoms with Crippen molar-refractivity contribution in [2.24, 2.45) is 17.0 Å². The van der Waals surface area contributed by atoms with Crippen molar-refractivity contribution in [3.63, 3.8) is 0 Å². The highest BCUT2D eigenvalue weighted by Gasteiger charge is 2.60. The van der Waals surface area contributed by atoms with Crippen molar-refractivity contribution in [3.05, 3.63) is 61.0 Å². The molecule has 1 N–H and O–H groups in total. The van der Waals surface area contributed by atoms with Gasteiger partial charge in [0.2, 0.25) is 5.91 Å². The van der Waals surface area contributed by atoms with Crippen LogP contribution < -0.4 is 0 Å². The number of fused-ring (bicyclic) bond motifs is 1. The number of nitro groups is 1. The number of β-lactam (4-membered cyclic amide) rings is 1. The smallest absolute Gasteiger partial charge is 0.356 e. The van der Waals surface area contributed by atoms with Crippen LogP contribution in [0, 0.1) is 22.0 Å². The molecule has 2 fully saturated rings. The molecule has 0 radical (unpaired) electrons. The van der Waals surface area contributed by atoms with E-state index in [4.69, 9.17) is 15.0 Å². The van der Waals surface area contributed by atoms with E-state index in [2.05, 4.69) is 10.0 Å². The zero-order chi connectivity index (χ0) is 25.3. The molecule has 2 saturated heterocycles. The lowest BCUT2D eigenvalue weighted by Crippen LogP contribution is -2.63. The largest absolute Gasteiger partial charge is 0.456 e. The molecule has 3 heterocycles. The average molecular weight is 504 g/mol. The third kappa shape index (κ3) is 4.85. The Bertz CT molecular complexity index is 1100. The summed E-state index contributed by atoms with van der Waals surface area (Å²) < 4.78 is 11.2. The van der Waals surface area contributed by atoms with E-state index < -0.39 is 22.9 Å². The fourth-order valence-electron chi connectivity index (χ4n) is 4.79. The first kappa shape index (κ1) is 25.0. The predicted molar refractivity (Wildman–Crippen MR) is 125 cm³/mol. The van der Waals surface area contributed by atoms with E-state index >= 15 is 0 Å². The van der Waals surface area contributed by atoms with E-state index in [1.54, 1.807) is 6.92 Å².